The largest absolute Gasteiger partial charge is 0.457 e. The summed E-state index contributed by atoms with van der Waals surface area (Å²) in [7, 11) is 0. The maximum absolute atomic E-state index is 6.74. The summed E-state index contributed by atoms with van der Waals surface area (Å²) < 4.78 is 6.74. The Bertz CT molecular complexity index is 2460. The molecule has 0 saturated carbocycles. The topological polar surface area (TPSA) is 47.9 Å². The van der Waals surface area contributed by atoms with Crippen LogP contribution >= 0.6 is 0 Å². The normalized spacial score (nSPS) is 13.1. The first kappa shape index (κ1) is 28.4. The lowest BCUT2D eigenvalue weighted by atomic mass is 9.66. The Morgan fingerprint density at radius 3 is 1.72 bits per heavy atom. The minimum atomic E-state index is -0.464. The zero-order chi connectivity index (χ0) is 33.1. The number of rotatable bonds is 4. The van der Waals surface area contributed by atoms with Crippen molar-refractivity contribution in [3.8, 4) is 67.8 Å². The lowest BCUT2D eigenvalue weighted by molar-refractivity contribution is 0.436. The van der Waals surface area contributed by atoms with Gasteiger partial charge in [-0.15, -0.1) is 0 Å². The summed E-state index contributed by atoms with van der Waals surface area (Å²) in [5.41, 5.74) is 13.6. The molecule has 0 fully saturated rings. The fourth-order valence-corrected chi connectivity index (χ4v) is 7.83. The fraction of sp³-hybridized carbons (Fsp3) is 0.0217. The molecule has 234 valence electrons. The molecule has 10 rings (SSSR count). The Morgan fingerprint density at radius 1 is 0.380 bits per heavy atom. The second kappa shape index (κ2) is 11.2. The van der Waals surface area contributed by atoms with Crippen molar-refractivity contribution >= 4 is 0 Å². The van der Waals surface area contributed by atoms with Crippen LogP contribution in [0.2, 0.25) is 0 Å². The molecule has 0 amide bonds. The molecule has 0 unspecified atom stereocenters. The van der Waals surface area contributed by atoms with Crippen LogP contribution in [0.15, 0.2) is 176 Å². The van der Waals surface area contributed by atoms with Crippen LogP contribution in [0.5, 0.6) is 11.5 Å². The quantitative estimate of drug-likeness (QED) is 0.192. The van der Waals surface area contributed by atoms with Crippen molar-refractivity contribution in [2.75, 3.05) is 0 Å². The number of fused-ring (bicyclic) bond motifs is 9. The molecular weight excluding hydrogens is 611 g/mol. The summed E-state index contributed by atoms with van der Waals surface area (Å²) in [6, 6.07) is 59.4. The van der Waals surface area contributed by atoms with Crippen LogP contribution in [0.1, 0.15) is 22.3 Å². The zero-order valence-electron chi connectivity index (χ0n) is 27.0. The summed E-state index contributed by atoms with van der Waals surface area (Å²) in [6.07, 6.45) is 1.79. The van der Waals surface area contributed by atoms with E-state index in [9.17, 15) is 0 Å². The molecule has 0 N–H and O–H groups in total. The Hall–Kier alpha value is -6.65. The Labute approximate surface area is 290 Å². The minimum absolute atomic E-state index is 0.464. The van der Waals surface area contributed by atoms with Gasteiger partial charge in [0.25, 0.3) is 0 Å². The number of aromatic nitrogens is 3. The molecule has 0 atom stereocenters. The first-order chi connectivity index (χ1) is 24.8. The molecule has 0 saturated heterocycles. The monoisotopic (exact) mass is 639 g/mol. The van der Waals surface area contributed by atoms with Crippen molar-refractivity contribution in [2.24, 2.45) is 0 Å². The van der Waals surface area contributed by atoms with Crippen molar-refractivity contribution in [2.45, 2.75) is 5.41 Å². The number of nitrogens with zero attached hydrogens (tertiary/aromatic N) is 3. The maximum Gasteiger partial charge on any atom is 0.160 e. The Kier molecular flexibility index (Phi) is 6.36. The van der Waals surface area contributed by atoms with Gasteiger partial charge in [-0.2, -0.15) is 0 Å². The number of benzene rings is 6. The summed E-state index contributed by atoms with van der Waals surface area (Å²) in [5.74, 6) is 2.43. The van der Waals surface area contributed by atoms with Crippen LogP contribution in [0.25, 0.3) is 56.3 Å². The molecule has 0 bridgehead atoms. The molecule has 1 spiro atoms. The second-order valence-corrected chi connectivity index (χ2v) is 12.8. The van der Waals surface area contributed by atoms with Gasteiger partial charge < -0.3 is 4.74 Å². The molecule has 6 aromatic carbocycles. The average molecular weight is 640 g/mol. The summed E-state index contributed by atoms with van der Waals surface area (Å²) in [5, 5.41) is 0. The van der Waals surface area contributed by atoms with Gasteiger partial charge in [0.1, 0.15) is 11.5 Å². The lowest BCUT2D eigenvalue weighted by Crippen LogP contribution is -2.32. The molecule has 4 heteroatoms. The number of para-hydroxylation sites is 1. The van der Waals surface area contributed by atoms with Gasteiger partial charge in [-0.05, 0) is 63.7 Å². The SMILES string of the molecule is c1ccc(-c2nc(-c3ccc(-c4ccc5c(c4)Oc4ccccc4C54c5ccccc5-c5ccccc54)cc3)cc(-c3ccccn3)n2)cc1. The highest BCUT2D eigenvalue weighted by molar-refractivity contribution is 5.89. The Morgan fingerprint density at radius 2 is 0.980 bits per heavy atom. The molecule has 3 heterocycles. The van der Waals surface area contributed by atoms with Gasteiger partial charge in [-0.1, -0.05) is 140 Å². The van der Waals surface area contributed by atoms with Gasteiger partial charge in [0.05, 0.1) is 22.5 Å². The molecule has 1 aliphatic carbocycles. The van der Waals surface area contributed by atoms with Gasteiger partial charge in [-0.25, -0.2) is 9.97 Å². The number of hydrogen-bond acceptors (Lipinski definition) is 4. The summed E-state index contributed by atoms with van der Waals surface area (Å²) in [4.78, 5) is 14.5. The molecule has 0 radical (unpaired) electrons. The molecule has 2 aromatic heterocycles. The van der Waals surface area contributed by atoms with E-state index in [1.165, 1.54) is 27.8 Å². The van der Waals surface area contributed by atoms with Crippen LogP contribution in [-0.4, -0.2) is 15.0 Å². The predicted octanol–water partition coefficient (Wildman–Crippen LogP) is 11.0. The van der Waals surface area contributed by atoms with Crippen molar-refractivity contribution in [1.82, 2.24) is 15.0 Å². The van der Waals surface area contributed by atoms with Gasteiger partial charge in [0, 0.05) is 28.5 Å². The Balaban J connectivity index is 1.08. The van der Waals surface area contributed by atoms with Gasteiger partial charge in [0.2, 0.25) is 0 Å². The number of pyridine rings is 1. The van der Waals surface area contributed by atoms with Gasteiger partial charge in [-0.3, -0.25) is 4.98 Å². The van der Waals surface area contributed by atoms with E-state index in [1.807, 2.05) is 54.6 Å². The van der Waals surface area contributed by atoms with E-state index in [2.05, 4.69) is 120 Å². The van der Waals surface area contributed by atoms with E-state index < -0.39 is 5.41 Å². The molecule has 2 aliphatic rings. The van der Waals surface area contributed by atoms with Crippen LogP contribution in [-0.2, 0) is 5.41 Å². The van der Waals surface area contributed by atoms with Crippen LogP contribution in [0.4, 0.5) is 0 Å². The van der Waals surface area contributed by atoms with Crippen molar-refractivity contribution in [1.29, 1.82) is 0 Å². The van der Waals surface area contributed by atoms with Crippen molar-refractivity contribution in [3.05, 3.63) is 198 Å². The van der Waals surface area contributed by atoms with E-state index >= 15 is 0 Å². The second-order valence-electron chi connectivity index (χ2n) is 12.8. The first-order valence-electron chi connectivity index (χ1n) is 16.9. The first-order valence-corrected chi connectivity index (χ1v) is 16.9. The summed E-state index contributed by atoms with van der Waals surface area (Å²) >= 11 is 0. The highest BCUT2D eigenvalue weighted by atomic mass is 16.5. The van der Waals surface area contributed by atoms with E-state index in [0.29, 0.717) is 5.82 Å². The van der Waals surface area contributed by atoms with Crippen molar-refractivity contribution in [3.63, 3.8) is 0 Å². The minimum Gasteiger partial charge on any atom is -0.457 e. The molecular formula is C46H29N3O. The number of hydrogen-bond donors (Lipinski definition) is 0. The maximum atomic E-state index is 6.74. The zero-order valence-corrected chi connectivity index (χ0v) is 27.0. The smallest absolute Gasteiger partial charge is 0.160 e. The lowest BCUT2D eigenvalue weighted by Gasteiger charge is -2.39. The predicted molar refractivity (Wildman–Crippen MR) is 199 cm³/mol. The van der Waals surface area contributed by atoms with Gasteiger partial charge in [0.15, 0.2) is 5.82 Å². The third-order valence-electron chi connectivity index (χ3n) is 10.0. The average Bonchev–Trinajstić information content (AvgIpc) is 3.49. The molecule has 50 heavy (non-hydrogen) atoms. The van der Waals surface area contributed by atoms with E-state index in [1.54, 1.807) is 6.20 Å². The van der Waals surface area contributed by atoms with Crippen LogP contribution in [0, 0.1) is 0 Å². The van der Waals surface area contributed by atoms with E-state index in [-0.39, 0.29) is 0 Å². The highest BCUT2D eigenvalue weighted by Crippen LogP contribution is 2.62. The van der Waals surface area contributed by atoms with E-state index in [0.717, 1.165) is 56.4 Å². The van der Waals surface area contributed by atoms with Crippen LogP contribution < -0.4 is 4.74 Å². The molecule has 1 aliphatic heterocycles. The van der Waals surface area contributed by atoms with E-state index in [4.69, 9.17) is 14.7 Å². The summed E-state index contributed by atoms with van der Waals surface area (Å²) in [6.45, 7) is 0. The molecule has 4 nitrogen and oxygen atoms in total. The van der Waals surface area contributed by atoms with Gasteiger partial charge >= 0.3 is 0 Å². The van der Waals surface area contributed by atoms with Crippen molar-refractivity contribution < 1.29 is 4.74 Å². The van der Waals surface area contributed by atoms with Crippen LogP contribution in [0.3, 0.4) is 0 Å². The number of ether oxygens (including phenoxy) is 1. The third-order valence-corrected chi connectivity index (χ3v) is 10.0. The highest BCUT2D eigenvalue weighted by Gasteiger charge is 2.50. The fourth-order valence-electron chi connectivity index (χ4n) is 7.83. The standard InChI is InChI=1S/C46H29N3O/c1-2-12-32(13-3-1)45-48-41(29-42(49-45)40-19-10-11-27-47-40)31-23-21-30(22-24-31)33-25-26-39-44(28-33)50-43-20-9-8-18-38(43)46(39)36-16-6-4-14-34(36)35-15-5-7-17-37(35)46/h1-29H. The third kappa shape index (κ3) is 4.28. The molecule has 8 aromatic rings.